The summed E-state index contributed by atoms with van der Waals surface area (Å²) in [7, 11) is 0. The van der Waals surface area contributed by atoms with Crippen LogP contribution in [0.2, 0.25) is 0 Å². The first-order valence-corrected chi connectivity index (χ1v) is 10.6. The van der Waals surface area contributed by atoms with Gasteiger partial charge in [0, 0.05) is 12.1 Å². The van der Waals surface area contributed by atoms with Gasteiger partial charge in [-0.25, -0.2) is 0 Å². The largest absolute Gasteiger partial charge is 0.489 e. The molecule has 2 N–H and O–H groups in total. The number of hydrogen-bond acceptors (Lipinski definition) is 4. The Labute approximate surface area is 192 Å². The predicted molar refractivity (Wildman–Crippen MR) is 126 cm³/mol. The highest BCUT2D eigenvalue weighted by atomic mass is 16.5. The van der Waals surface area contributed by atoms with Gasteiger partial charge in [-0.3, -0.25) is 9.59 Å². The third kappa shape index (κ3) is 6.33. The predicted octanol–water partition coefficient (Wildman–Crippen LogP) is 4.84. The van der Waals surface area contributed by atoms with Crippen molar-refractivity contribution in [2.45, 2.75) is 19.1 Å². The van der Waals surface area contributed by atoms with E-state index >= 15 is 0 Å². The van der Waals surface area contributed by atoms with Crippen molar-refractivity contribution in [2.75, 3.05) is 5.32 Å². The maximum absolute atomic E-state index is 13.0. The molecule has 2 amide bonds. The molecule has 33 heavy (non-hydrogen) atoms. The molecule has 166 valence electrons. The Morgan fingerprint density at radius 2 is 1.45 bits per heavy atom. The van der Waals surface area contributed by atoms with Crippen LogP contribution in [-0.2, 0) is 17.8 Å². The molecule has 6 heteroatoms. The summed E-state index contributed by atoms with van der Waals surface area (Å²) in [5, 5.41) is 5.64. The van der Waals surface area contributed by atoms with Gasteiger partial charge in [0.1, 0.15) is 18.4 Å². The lowest BCUT2D eigenvalue weighted by molar-refractivity contribution is -0.118. The Balaban J connectivity index is 1.40. The number of benzene rings is 3. The number of carbonyl (C=O) groups excluding carboxylic acids is 2. The number of hydrogen-bond donors (Lipinski definition) is 2. The number of nitrogens with one attached hydrogen (secondary N) is 2. The third-order valence-electron chi connectivity index (χ3n) is 5.02. The highest BCUT2D eigenvalue weighted by Gasteiger charge is 2.23. The molecule has 0 saturated heterocycles. The van der Waals surface area contributed by atoms with E-state index in [0.717, 1.165) is 11.1 Å². The van der Waals surface area contributed by atoms with Gasteiger partial charge in [0.25, 0.3) is 5.91 Å². The second kappa shape index (κ2) is 10.8. The van der Waals surface area contributed by atoms with E-state index in [1.807, 2.05) is 60.7 Å². The molecule has 0 aliphatic heterocycles. The summed E-state index contributed by atoms with van der Waals surface area (Å²) in [6, 6.07) is 29.0. The summed E-state index contributed by atoms with van der Waals surface area (Å²) in [4.78, 5) is 25.5. The lowest BCUT2D eigenvalue weighted by Gasteiger charge is -2.18. The zero-order valence-electron chi connectivity index (χ0n) is 17.9. The second-order valence-electron chi connectivity index (χ2n) is 7.48. The van der Waals surface area contributed by atoms with Gasteiger partial charge in [-0.1, -0.05) is 60.7 Å². The van der Waals surface area contributed by atoms with Crippen molar-refractivity contribution in [1.82, 2.24) is 5.32 Å². The van der Waals surface area contributed by atoms with Gasteiger partial charge < -0.3 is 19.8 Å². The van der Waals surface area contributed by atoms with Crippen molar-refractivity contribution in [3.05, 3.63) is 120 Å². The van der Waals surface area contributed by atoms with Crippen molar-refractivity contribution in [1.29, 1.82) is 0 Å². The van der Waals surface area contributed by atoms with Crippen LogP contribution < -0.4 is 15.4 Å². The van der Waals surface area contributed by atoms with Crippen LogP contribution in [0.3, 0.4) is 0 Å². The molecule has 1 aromatic heterocycles. The van der Waals surface area contributed by atoms with E-state index in [9.17, 15) is 9.59 Å². The molecule has 1 atom stereocenters. The van der Waals surface area contributed by atoms with E-state index < -0.39 is 11.9 Å². The van der Waals surface area contributed by atoms with Crippen LogP contribution in [0.15, 0.2) is 108 Å². The van der Waals surface area contributed by atoms with Crippen LogP contribution in [0, 0.1) is 0 Å². The van der Waals surface area contributed by atoms with Gasteiger partial charge >= 0.3 is 0 Å². The van der Waals surface area contributed by atoms with Crippen molar-refractivity contribution in [2.24, 2.45) is 0 Å². The van der Waals surface area contributed by atoms with Crippen LogP contribution in [0.4, 0.5) is 5.69 Å². The van der Waals surface area contributed by atoms with Crippen molar-refractivity contribution in [3.63, 3.8) is 0 Å². The fourth-order valence-electron chi connectivity index (χ4n) is 3.30. The Bertz CT molecular complexity index is 1160. The molecule has 0 unspecified atom stereocenters. The standard InChI is InChI=1S/C27H24N2O4/c30-26(28-22-13-15-23(16-14-22)33-19-21-10-5-2-6-11-21)24(18-20-8-3-1-4-9-20)29-27(31)25-12-7-17-32-25/h1-17,24H,18-19H2,(H,28,30)(H,29,31)/t24-/m0/s1. The van der Waals surface area contributed by atoms with E-state index in [2.05, 4.69) is 10.6 Å². The number of ether oxygens (including phenoxy) is 1. The lowest BCUT2D eigenvalue weighted by atomic mass is 10.0. The quantitative estimate of drug-likeness (QED) is 0.390. The maximum Gasteiger partial charge on any atom is 0.287 e. The summed E-state index contributed by atoms with van der Waals surface area (Å²) in [6.45, 7) is 0.463. The summed E-state index contributed by atoms with van der Waals surface area (Å²) in [6.07, 6.45) is 1.76. The highest BCUT2D eigenvalue weighted by Crippen LogP contribution is 2.18. The van der Waals surface area contributed by atoms with Crippen molar-refractivity contribution in [3.8, 4) is 5.75 Å². The number of furan rings is 1. The molecular weight excluding hydrogens is 416 g/mol. The Morgan fingerprint density at radius 3 is 2.09 bits per heavy atom. The molecule has 0 aliphatic rings. The molecule has 4 aromatic rings. The van der Waals surface area contributed by atoms with Gasteiger partial charge in [-0.2, -0.15) is 0 Å². The average Bonchev–Trinajstić information content (AvgIpc) is 3.40. The average molecular weight is 440 g/mol. The molecule has 0 saturated carbocycles. The third-order valence-corrected chi connectivity index (χ3v) is 5.02. The minimum Gasteiger partial charge on any atom is -0.489 e. The van der Waals surface area contributed by atoms with Crippen molar-refractivity contribution >= 4 is 17.5 Å². The molecule has 0 aliphatic carbocycles. The van der Waals surface area contributed by atoms with E-state index in [1.165, 1.54) is 6.26 Å². The van der Waals surface area contributed by atoms with Crippen LogP contribution >= 0.6 is 0 Å². The molecule has 4 rings (SSSR count). The van der Waals surface area contributed by atoms with Crippen LogP contribution in [0.1, 0.15) is 21.7 Å². The zero-order valence-corrected chi connectivity index (χ0v) is 17.9. The smallest absolute Gasteiger partial charge is 0.287 e. The molecular formula is C27H24N2O4. The lowest BCUT2D eigenvalue weighted by Crippen LogP contribution is -2.45. The van der Waals surface area contributed by atoms with E-state index in [1.54, 1.807) is 36.4 Å². The van der Waals surface area contributed by atoms with E-state index in [0.29, 0.717) is 24.5 Å². The Hall–Kier alpha value is -4.32. The fraction of sp³-hybridized carbons (Fsp3) is 0.111. The first kappa shape index (κ1) is 21.9. The summed E-state index contributed by atoms with van der Waals surface area (Å²) in [5.41, 5.74) is 2.62. The van der Waals surface area contributed by atoms with Gasteiger partial charge in [0.05, 0.1) is 6.26 Å². The van der Waals surface area contributed by atoms with Gasteiger partial charge in [0.15, 0.2) is 5.76 Å². The number of rotatable bonds is 9. The Morgan fingerprint density at radius 1 is 0.788 bits per heavy atom. The minimum absolute atomic E-state index is 0.153. The van der Waals surface area contributed by atoms with Crippen molar-refractivity contribution < 1.29 is 18.7 Å². The number of carbonyl (C=O) groups is 2. The van der Waals surface area contributed by atoms with Crippen LogP contribution in [-0.4, -0.2) is 17.9 Å². The minimum atomic E-state index is -0.779. The van der Waals surface area contributed by atoms with Crippen LogP contribution in [0.25, 0.3) is 0 Å². The number of amides is 2. The molecule has 0 fully saturated rings. The molecule has 0 radical (unpaired) electrons. The first-order chi connectivity index (χ1) is 16.2. The van der Waals surface area contributed by atoms with Gasteiger partial charge in [-0.05, 0) is 47.5 Å². The summed E-state index contributed by atoms with van der Waals surface area (Å²) in [5.74, 6) is 0.0852. The summed E-state index contributed by atoms with van der Waals surface area (Å²) >= 11 is 0. The SMILES string of the molecule is O=C(N[C@@H](Cc1ccccc1)C(=O)Nc1ccc(OCc2ccccc2)cc1)c1ccco1. The van der Waals surface area contributed by atoms with E-state index in [4.69, 9.17) is 9.15 Å². The second-order valence-corrected chi connectivity index (χ2v) is 7.48. The van der Waals surface area contributed by atoms with E-state index in [-0.39, 0.29) is 11.7 Å². The first-order valence-electron chi connectivity index (χ1n) is 10.6. The highest BCUT2D eigenvalue weighted by molar-refractivity contribution is 6.00. The molecule has 6 nitrogen and oxygen atoms in total. The zero-order chi connectivity index (χ0) is 22.9. The topological polar surface area (TPSA) is 80.6 Å². The molecule has 0 bridgehead atoms. The van der Waals surface area contributed by atoms with Crippen LogP contribution in [0.5, 0.6) is 5.75 Å². The monoisotopic (exact) mass is 440 g/mol. The number of anilines is 1. The fourth-order valence-corrected chi connectivity index (χ4v) is 3.30. The molecule has 3 aromatic carbocycles. The maximum atomic E-state index is 13.0. The molecule has 0 spiro atoms. The normalized spacial score (nSPS) is 11.4. The van der Waals surface area contributed by atoms with Gasteiger partial charge in [-0.15, -0.1) is 0 Å². The summed E-state index contributed by atoms with van der Waals surface area (Å²) < 4.78 is 10.9. The van der Waals surface area contributed by atoms with Gasteiger partial charge in [0.2, 0.25) is 5.91 Å². The Kier molecular flexibility index (Phi) is 7.18. The molecule has 1 heterocycles.